The fourth-order valence-corrected chi connectivity index (χ4v) is 3.69. The van der Waals surface area contributed by atoms with Crippen LogP contribution in [0.5, 0.6) is 0 Å². The number of anilines is 1. The fourth-order valence-electron chi connectivity index (χ4n) is 3.45. The van der Waals surface area contributed by atoms with Gasteiger partial charge >= 0.3 is 6.03 Å². The number of nitrogens with zero attached hydrogens (tertiary/aromatic N) is 2. The second kappa shape index (κ2) is 7.01. The Balaban J connectivity index is 1.81. The molecule has 3 rings (SSSR count). The molecule has 0 radical (unpaired) electrons. The Morgan fingerprint density at radius 2 is 2.04 bits per heavy atom. The van der Waals surface area contributed by atoms with Crippen LogP contribution in [0.15, 0.2) is 34.8 Å². The molecule has 0 saturated carbocycles. The van der Waals surface area contributed by atoms with Crippen LogP contribution in [0, 0.1) is 13.8 Å². The number of urea groups is 1. The molecule has 0 fully saturated rings. The summed E-state index contributed by atoms with van der Waals surface area (Å²) in [7, 11) is 0. The van der Waals surface area contributed by atoms with E-state index in [2.05, 4.69) is 51.8 Å². The van der Waals surface area contributed by atoms with E-state index in [1.807, 2.05) is 30.0 Å². The molecule has 0 unspecified atom stereocenters. The lowest BCUT2D eigenvalue weighted by Crippen LogP contribution is -2.44. The first-order valence-electron chi connectivity index (χ1n) is 8.51. The van der Waals surface area contributed by atoms with Gasteiger partial charge in [0.1, 0.15) is 0 Å². The standard InChI is InChI=1S/C19H24BrN3O/c1-4-5-17-18-9-6-14(3)22(18)10-11-23(17)19(24)21-15-7-8-16(20)13(2)12-15/h6-9,12,17H,4-5,10-11H2,1-3H3,(H,21,24)/t17-/m1/s1. The third-order valence-corrected chi connectivity index (χ3v) is 5.64. The summed E-state index contributed by atoms with van der Waals surface area (Å²) in [5.74, 6) is 0. The maximum atomic E-state index is 12.9. The van der Waals surface area contributed by atoms with Gasteiger partial charge in [0.15, 0.2) is 0 Å². The second-order valence-corrected chi connectivity index (χ2v) is 7.30. The minimum atomic E-state index is -0.0136. The van der Waals surface area contributed by atoms with Crippen molar-refractivity contribution in [3.8, 4) is 0 Å². The summed E-state index contributed by atoms with van der Waals surface area (Å²) in [4.78, 5) is 14.8. The SMILES string of the molecule is CCC[C@@H]1c2ccc(C)n2CCN1C(=O)Nc1ccc(Br)c(C)c1. The number of amides is 2. The Labute approximate surface area is 152 Å². The predicted octanol–water partition coefficient (Wildman–Crippen LogP) is 5.26. The van der Waals surface area contributed by atoms with E-state index >= 15 is 0 Å². The number of benzene rings is 1. The van der Waals surface area contributed by atoms with Gasteiger partial charge in [-0.3, -0.25) is 0 Å². The minimum Gasteiger partial charge on any atom is -0.345 e. The van der Waals surface area contributed by atoms with Crippen molar-refractivity contribution in [2.75, 3.05) is 11.9 Å². The van der Waals surface area contributed by atoms with Crippen LogP contribution in [0.4, 0.5) is 10.5 Å². The molecule has 2 aromatic rings. The second-order valence-electron chi connectivity index (χ2n) is 6.44. The maximum Gasteiger partial charge on any atom is 0.322 e. The summed E-state index contributed by atoms with van der Waals surface area (Å²) in [6.45, 7) is 7.93. The number of hydrogen-bond acceptors (Lipinski definition) is 1. The summed E-state index contributed by atoms with van der Waals surface area (Å²) in [6.07, 6.45) is 2.03. The van der Waals surface area contributed by atoms with E-state index in [0.717, 1.165) is 41.7 Å². The lowest BCUT2D eigenvalue weighted by Gasteiger charge is -2.37. The molecule has 0 aliphatic carbocycles. The third kappa shape index (κ3) is 3.22. The first-order chi connectivity index (χ1) is 11.5. The van der Waals surface area contributed by atoms with Crippen LogP contribution in [-0.2, 0) is 6.54 Å². The average Bonchev–Trinajstić information content (AvgIpc) is 2.93. The van der Waals surface area contributed by atoms with E-state index in [4.69, 9.17) is 0 Å². The van der Waals surface area contributed by atoms with Crippen molar-refractivity contribution >= 4 is 27.6 Å². The smallest absolute Gasteiger partial charge is 0.322 e. The first-order valence-corrected chi connectivity index (χ1v) is 9.30. The fraction of sp³-hybridized carbons (Fsp3) is 0.421. The monoisotopic (exact) mass is 389 g/mol. The van der Waals surface area contributed by atoms with Crippen molar-refractivity contribution in [1.29, 1.82) is 0 Å². The number of nitrogens with one attached hydrogen (secondary N) is 1. The molecule has 0 saturated heterocycles. The first kappa shape index (κ1) is 17.1. The van der Waals surface area contributed by atoms with Crippen LogP contribution in [0.3, 0.4) is 0 Å². The van der Waals surface area contributed by atoms with E-state index in [9.17, 15) is 4.79 Å². The van der Waals surface area contributed by atoms with Crippen LogP contribution in [0.1, 0.15) is 42.8 Å². The normalized spacial score (nSPS) is 16.8. The average molecular weight is 390 g/mol. The molecule has 1 aromatic heterocycles. The Bertz CT molecular complexity index is 753. The third-order valence-electron chi connectivity index (χ3n) is 4.75. The Kier molecular flexibility index (Phi) is 4.99. The van der Waals surface area contributed by atoms with Crippen LogP contribution >= 0.6 is 15.9 Å². The highest BCUT2D eigenvalue weighted by molar-refractivity contribution is 9.10. The summed E-state index contributed by atoms with van der Waals surface area (Å²) in [6, 6.07) is 10.3. The lowest BCUT2D eigenvalue weighted by molar-refractivity contribution is 0.162. The number of hydrogen-bond donors (Lipinski definition) is 1. The van der Waals surface area contributed by atoms with Gasteiger partial charge in [-0.15, -0.1) is 0 Å². The largest absolute Gasteiger partial charge is 0.345 e. The van der Waals surface area contributed by atoms with E-state index < -0.39 is 0 Å². The Morgan fingerprint density at radius 1 is 1.25 bits per heavy atom. The summed E-state index contributed by atoms with van der Waals surface area (Å²) in [5.41, 5.74) is 4.48. The zero-order valence-electron chi connectivity index (χ0n) is 14.5. The minimum absolute atomic E-state index is 0.0136. The predicted molar refractivity (Wildman–Crippen MR) is 101 cm³/mol. The van der Waals surface area contributed by atoms with Crippen LogP contribution in [0.2, 0.25) is 0 Å². The number of halogens is 1. The van der Waals surface area contributed by atoms with Gasteiger partial charge in [-0.1, -0.05) is 29.3 Å². The highest BCUT2D eigenvalue weighted by Crippen LogP contribution is 2.32. The van der Waals surface area contributed by atoms with E-state index in [1.165, 1.54) is 11.4 Å². The highest BCUT2D eigenvalue weighted by atomic mass is 79.9. The van der Waals surface area contributed by atoms with E-state index in [1.54, 1.807) is 0 Å². The summed E-state index contributed by atoms with van der Waals surface area (Å²) in [5, 5.41) is 3.06. The molecule has 1 aliphatic heterocycles. The topological polar surface area (TPSA) is 37.3 Å². The van der Waals surface area contributed by atoms with Crippen molar-refractivity contribution in [3.63, 3.8) is 0 Å². The van der Waals surface area contributed by atoms with E-state index in [-0.39, 0.29) is 12.1 Å². The molecule has 2 heterocycles. The summed E-state index contributed by atoms with van der Waals surface area (Å²) < 4.78 is 3.39. The number of aryl methyl sites for hydroxylation is 2. The van der Waals surface area contributed by atoms with Gasteiger partial charge in [0.2, 0.25) is 0 Å². The van der Waals surface area contributed by atoms with Crippen molar-refractivity contribution in [2.45, 2.75) is 46.2 Å². The Morgan fingerprint density at radius 3 is 2.75 bits per heavy atom. The molecule has 1 aliphatic rings. The molecule has 5 heteroatoms. The van der Waals surface area contributed by atoms with Gasteiger partial charge in [0, 0.05) is 34.6 Å². The molecular formula is C19H24BrN3O. The highest BCUT2D eigenvalue weighted by Gasteiger charge is 2.31. The molecule has 4 nitrogen and oxygen atoms in total. The van der Waals surface area contributed by atoms with Crippen LogP contribution < -0.4 is 5.32 Å². The molecule has 1 N–H and O–H groups in total. The molecule has 0 spiro atoms. The van der Waals surface area contributed by atoms with Gasteiger partial charge in [-0.05, 0) is 56.2 Å². The van der Waals surface area contributed by atoms with Crippen molar-refractivity contribution in [2.24, 2.45) is 0 Å². The van der Waals surface area contributed by atoms with Gasteiger partial charge in [-0.25, -0.2) is 4.79 Å². The molecular weight excluding hydrogens is 366 g/mol. The molecule has 1 atom stereocenters. The lowest BCUT2D eigenvalue weighted by atomic mass is 10.0. The quantitative estimate of drug-likeness (QED) is 0.763. The number of rotatable bonds is 3. The van der Waals surface area contributed by atoms with Crippen molar-refractivity contribution < 1.29 is 4.79 Å². The molecule has 128 valence electrons. The molecule has 0 bridgehead atoms. The number of carbonyl (C=O) groups is 1. The Hall–Kier alpha value is -1.75. The number of fused-ring (bicyclic) bond motifs is 1. The van der Waals surface area contributed by atoms with Crippen molar-refractivity contribution in [3.05, 3.63) is 51.8 Å². The van der Waals surface area contributed by atoms with Gasteiger partial charge < -0.3 is 14.8 Å². The van der Waals surface area contributed by atoms with Gasteiger partial charge in [-0.2, -0.15) is 0 Å². The summed E-state index contributed by atoms with van der Waals surface area (Å²) >= 11 is 3.50. The van der Waals surface area contributed by atoms with Gasteiger partial charge in [0.25, 0.3) is 0 Å². The zero-order chi connectivity index (χ0) is 17.3. The van der Waals surface area contributed by atoms with E-state index in [0.29, 0.717) is 0 Å². The van der Waals surface area contributed by atoms with Crippen LogP contribution in [-0.4, -0.2) is 22.0 Å². The number of aromatic nitrogens is 1. The van der Waals surface area contributed by atoms with Crippen molar-refractivity contribution in [1.82, 2.24) is 9.47 Å². The molecule has 24 heavy (non-hydrogen) atoms. The molecule has 2 amide bonds. The zero-order valence-corrected chi connectivity index (χ0v) is 16.1. The maximum absolute atomic E-state index is 12.9. The van der Waals surface area contributed by atoms with Crippen LogP contribution in [0.25, 0.3) is 0 Å². The van der Waals surface area contributed by atoms with Gasteiger partial charge in [0.05, 0.1) is 6.04 Å². The molecule has 1 aromatic carbocycles. The number of carbonyl (C=O) groups excluding carboxylic acids is 1.